The first-order chi connectivity index (χ1) is 8.50. The fraction of sp³-hybridized carbons (Fsp3) is 0.929. The number of rotatable bonds is 6. The van der Waals surface area contributed by atoms with Crippen LogP contribution in [-0.2, 0) is 4.79 Å². The first-order valence-corrected chi connectivity index (χ1v) is 7.15. The summed E-state index contributed by atoms with van der Waals surface area (Å²) < 4.78 is 0. The van der Waals surface area contributed by atoms with Gasteiger partial charge in [-0.05, 0) is 31.8 Å². The Morgan fingerprint density at radius 3 is 2.72 bits per heavy atom. The second-order valence-electron chi connectivity index (χ2n) is 5.96. The SMILES string of the molecule is CC(C)CNCC1CCCCN1CC(=O)N(C)C. The number of amides is 1. The van der Waals surface area contributed by atoms with Crippen molar-refractivity contribution >= 4 is 5.91 Å². The van der Waals surface area contributed by atoms with E-state index in [-0.39, 0.29) is 5.91 Å². The first kappa shape index (κ1) is 15.4. The van der Waals surface area contributed by atoms with Crippen molar-refractivity contribution in [2.24, 2.45) is 5.92 Å². The van der Waals surface area contributed by atoms with Crippen molar-refractivity contribution in [3.8, 4) is 0 Å². The lowest BCUT2D eigenvalue weighted by Gasteiger charge is -2.36. The number of nitrogens with zero attached hydrogens (tertiary/aromatic N) is 2. The molecule has 1 aliphatic heterocycles. The number of piperidine rings is 1. The molecule has 1 saturated heterocycles. The number of carbonyl (C=O) groups is 1. The van der Waals surface area contributed by atoms with Gasteiger partial charge in [0, 0.05) is 26.7 Å². The van der Waals surface area contributed by atoms with Gasteiger partial charge in [-0.25, -0.2) is 0 Å². The van der Waals surface area contributed by atoms with Gasteiger partial charge in [0.15, 0.2) is 0 Å². The molecule has 18 heavy (non-hydrogen) atoms. The molecule has 0 aromatic heterocycles. The van der Waals surface area contributed by atoms with Gasteiger partial charge in [0.2, 0.25) is 5.91 Å². The van der Waals surface area contributed by atoms with E-state index in [2.05, 4.69) is 24.1 Å². The van der Waals surface area contributed by atoms with Crippen LogP contribution in [0.5, 0.6) is 0 Å². The smallest absolute Gasteiger partial charge is 0.236 e. The number of hydrogen-bond donors (Lipinski definition) is 1. The van der Waals surface area contributed by atoms with E-state index in [9.17, 15) is 4.79 Å². The third-order valence-electron chi connectivity index (χ3n) is 3.52. The number of carbonyl (C=O) groups excluding carboxylic acids is 1. The lowest BCUT2D eigenvalue weighted by molar-refractivity contribution is -0.130. The number of hydrogen-bond acceptors (Lipinski definition) is 3. The average molecular weight is 255 g/mol. The Morgan fingerprint density at radius 1 is 1.39 bits per heavy atom. The normalized spacial score (nSPS) is 21.3. The molecule has 0 aromatic carbocycles. The van der Waals surface area contributed by atoms with Gasteiger partial charge in [-0.15, -0.1) is 0 Å². The quantitative estimate of drug-likeness (QED) is 0.774. The molecule has 4 heteroatoms. The summed E-state index contributed by atoms with van der Waals surface area (Å²) in [6.45, 7) is 8.15. The van der Waals surface area contributed by atoms with E-state index in [4.69, 9.17) is 0 Å². The summed E-state index contributed by atoms with van der Waals surface area (Å²) in [5.41, 5.74) is 0. The second-order valence-corrected chi connectivity index (χ2v) is 5.96. The summed E-state index contributed by atoms with van der Waals surface area (Å²) in [6.07, 6.45) is 3.73. The minimum absolute atomic E-state index is 0.214. The largest absolute Gasteiger partial charge is 0.348 e. The molecule has 1 amide bonds. The fourth-order valence-electron chi connectivity index (χ4n) is 2.35. The van der Waals surface area contributed by atoms with Crippen LogP contribution in [-0.4, -0.2) is 62.0 Å². The topological polar surface area (TPSA) is 35.6 Å². The van der Waals surface area contributed by atoms with Crippen molar-refractivity contribution in [3.05, 3.63) is 0 Å². The maximum atomic E-state index is 11.8. The number of likely N-dealkylation sites (N-methyl/N-ethyl adjacent to an activating group) is 1. The summed E-state index contributed by atoms with van der Waals surface area (Å²) >= 11 is 0. The van der Waals surface area contributed by atoms with Crippen molar-refractivity contribution in [1.82, 2.24) is 15.1 Å². The maximum absolute atomic E-state index is 11.8. The van der Waals surface area contributed by atoms with Crippen LogP contribution in [0.1, 0.15) is 33.1 Å². The van der Waals surface area contributed by atoms with Crippen LogP contribution in [0.2, 0.25) is 0 Å². The summed E-state index contributed by atoms with van der Waals surface area (Å²) in [7, 11) is 3.66. The maximum Gasteiger partial charge on any atom is 0.236 e. The molecule has 4 nitrogen and oxygen atoms in total. The molecule has 0 spiro atoms. The van der Waals surface area contributed by atoms with Crippen LogP contribution in [0.4, 0.5) is 0 Å². The molecule has 1 fully saturated rings. The van der Waals surface area contributed by atoms with Crippen LogP contribution in [0.15, 0.2) is 0 Å². The molecule has 1 aliphatic rings. The summed E-state index contributed by atoms with van der Waals surface area (Å²) in [6, 6.07) is 0.529. The molecule has 0 radical (unpaired) electrons. The van der Waals surface area contributed by atoms with Gasteiger partial charge in [0.25, 0.3) is 0 Å². The van der Waals surface area contributed by atoms with E-state index in [0.29, 0.717) is 18.5 Å². The van der Waals surface area contributed by atoms with E-state index < -0.39 is 0 Å². The van der Waals surface area contributed by atoms with Gasteiger partial charge in [0.1, 0.15) is 0 Å². The Balaban J connectivity index is 2.39. The predicted octanol–water partition coefficient (Wildman–Crippen LogP) is 1.17. The molecule has 106 valence electrons. The molecule has 1 atom stereocenters. The zero-order chi connectivity index (χ0) is 13.5. The fourth-order valence-corrected chi connectivity index (χ4v) is 2.35. The van der Waals surface area contributed by atoms with Crippen LogP contribution in [0.25, 0.3) is 0 Å². The zero-order valence-corrected chi connectivity index (χ0v) is 12.4. The third kappa shape index (κ3) is 5.36. The van der Waals surface area contributed by atoms with Crippen LogP contribution < -0.4 is 5.32 Å². The third-order valence-corrected chi connectivity index (χ3v) is 3.52. The molecule has 0 bridgehead atoms. The standard InChI is InChI=1S/C14H29N3O/c1-12(2)9-15-10-13-7-5-6-8-17(13)11-14(18)16(3)4/h12-13,15H,5-11H2,1-4H3. The highest BCUT2D eigenvalue weighted by molar-refractivity contribution is 5.77. The van der Waals surface area contributed by atoms with Crippen LogP contribution in [0, 0.1) is 5.92 Å². The van der Waals surface area contributed by atoms with Crippen molar-refractivity contribution in [2.45, 2.75) is 39.2 Å². The van der Waals surface area contributed by atoms with Crippen LogP contribution >= 0.6 is 0 Å². The van der Waals surface area contributed by atoms with Gasteiger partial charge in [-0.2, -0.15) is 0 Å². The predicted molar refractivity (Wildman–Crippen MR) is 75.6 cm³/mol. The Hall–Kier alpha value is -0.610. The van der Waals surface area contributed by atoms with Crippen molar-refractivity contribution in [1.29, 1.82) is 0 Å². The molecule has 0 aliphatic carbocycles. The molecular formula is C14H29N3O. The van der Waals surface area contributed by atoms with Gasteiger partial charge in [-0.1, -0.05) is 20.3 Å². The number of nitrogens with one attached hydrogen (secondary N) is 1. The molecular weight excluding hydrogens is 226 g/mol. The van der Waals surface area contributed by atoms with Gasteiger partial charge in [0.05, 0.1) is 6.54 Å². The Bertz CT molecular complexity index is 253. The van der Waals surface area contributed by atoms with Crippen molar-refractivity contribution in [3.63, 3.8) is 0 Å². The minimum atomic E-state index is 0.214. The van der Waals surface area contributed by atoms with E-state index in [0.717, 1.165) is 19.6 Å². The Labute approximate surface area is 112 Å². The Kier molecular flexibility index (Phi) is 6.65. The highest BCUT2D eigenvalue weighted by Crippen LogP contribution is 2.16. The van der Waals surface area contributed by atoms with Gasteiger partial charge in [-0.3, -0.25) is 9.69 Å². The van der Waals surface area contributed by atoms with E-state index >= 15 is 0 Å². The Morgan fingerprint density at radius 2 is 2.11 bits per heavy atom. The summed E-state index contributed by atoms with van der Waals surface area (Å²) in [5.74, 6) is 0.899. The molecule has 0 saturated carbocycles. The van der Waals surface area contributed by atoms with Crippen LogP contribution in [0.3, 0.4) is 0 Å². The summed E-state index contributed by atoms with van der Waals surface area (Å²) in [4.78, 5) is 15.8. The minimum Gasteiger partial charge on any atom is -0.348 e. The van der Waals surface area contributed by atoms with Crippen molar-refractivity contribution < 1.29 is 4.79 Å². The van der Waals surface area contributed by atoms with Crippen molar-refractivity contribution in [2.75, 3.05) is 40.3 Å². The highest BCUT2D eigenvalue weighted by atomic mass is 16.2. The first-order valence-electron chi connectivity index (χ1n) is 7.15. The summed E-state index contributed by atoms with van der Waals surface area (Å²) in [5, 5.41) is 3.52. The van der Waals surface area contributed by atoms with E-state index in [1.165, 1.54) is 19.3 Å². The lowest BCUT2D eigenvalue weighted by Crippen LogP contribution is -2.49. The second kappa shape index (κ2) is 7.74. The lowest BCUT2D eigenvalue weighted by atomic mass is 10.0. The monoisotopic (exact) mass is 255 g/mol. The molecule has 0 aromatic rings. The molecule has 1 heterocycles. The zero-order valence-electron chi connectivity index (χ0n) is 12.4. The molecule has 1 rings (SSSR count). The molecule has 1 N–H and O–H groups in total. The molecule has 1 unspecified atom stereocenters. The van der Waals surface area contributed by atoms with E-state index in [1.807, 2.05) is 14.1 Å². The average Bonchev–Trinajstić information content (AvgIpc) is 2.30. The van der Waals surface area contributed by atoms with Gasteiger partial charge < -0.3 is 10.2 Å². The highest BCUT2D eigenvalue weighted by Gasteiger charge is 2.24. The number of likely N-dealkylation sites (tertiary alicyclic amines) is 1. The van der Waals surface area contributed by atoms with E-state index in [1.54, 1.807) is 4.90 Å². The van der Waals surface area contributed by atoms with Gasteiger partial charge >= 0.3 is 0 Å².